The molecule has 0 radical (unpaired) electrons. The fraction of sp³-hybridized carbons (Fsp3) is 0.429. The molecule has 0 saturated heterocycles. The van der Waals surface area contributed by atoms with Gasteiger partial charge in [-0.1, -0.05) is 30.3 Å². The molecule has 0 aliphatic carbocycles. The van der Waals surface area contributed by atoms with Crippen molar-refractivity contribution in [3.8, 4) is 0 Å². The Hall–Kier alpha value is -1.91. The highest BCUT2D eigenvalue weighted by atomic mass is 19.1. The number of rotatable bonds is 7. The highest BCUT2D eigenvalue weighted by Gasteiger charge is 2.48. The number of halogens is 1. The molecule has 0 fully saturated rings. The van der Waals surface area contributed by atoms with Crippen molar-refractivity contribution in [2.45, 2.75) is 25.2 Å². The summed E-state index contributed by atoms with van der Waals surface area (Å²) in [6.45, 7) is 1.00. The number of hydrogen-bond donors (Lipinski definition) is 1. The average Bonchev–Trinajstić information content (AvgIpc) is 2.41. The van der Waals surface area contributed by atoms with Crippen LogP contribution in [-0.2, 0) is 19.7 Å². The molecule has 5 heteroatoms. The number of hydrogen-bond acceptors (Lipinski definition) is 3. The predicted molar refractivity (Wildman–Crippen MR) is 67.6 cm³/mol. The fourth-order valence-corrected chi connectivity index (χ4v) is 1.99. The lowest BCUT2D eigenvalue weighted by Crippen LogP contribution is -2.45. The van der Waals surface area contributed by atoms with E-state index in [1.54, 1.807) is 37.3 Å². The van der Waals surface area contributed by atoms with E-state index in [-0.39, 0.29) is 19.4 Å². The summed E-state index contributed by atoms with van der Waals surface area (Å²) in [5, 5.41) is 9.48. The minimum atomic E-state index is -1.83. The van der Waals surface area contributed by atoms with E-state index in [2.05, 4.69) is 0 Å². The van der Waals surface area contributed by atoms with Crippen molar-refractivity contribution in [3.63, 3.8) is 0 Å². The minimum Gasteiger partial charge on any atom is -0.480 e. The average molecular weight is 268 g/mol. The third-order valence-corrected chi connectivity index (χ3v) is 2.94. The summed E-state index contributed by atoms with van der Waals surface area (Å²) in [4.78, 5) is 23.7. The van der Waals surface area contributed by atoms with Crippen LogP contribution in [0.2, 0.25) is 0 Å². The Morgan fingerprint density at radius 3 is 2.42 bits per heavy atom. The highest BCUT2D eigenvalue weighted by molar-refractivity contribution is 6.05. The Kier molecular flexibility index (Phi) is 5.48. The summed E-state index contributed by atoms with van der Waals surface area (Å²) in [5.74, 6) is -2.16. The molecule has 4 nitrogen and oxygen atoms in total. The summed E-state index contributed by atoms with van der Waals surface area (Å²) in [6, 6.07) is 8.09. The van der Waals surface area contributed by atoms with Crippen LogP contribution in [0.4, 0.5) is 4.39 Å². The summed E-state index contributed by atoms with van der Waals surface area (Å²) < 4.78 is 17.3. The molecule has 1 N–H and O–H groups in total. The molecule has 0 aliphatic rings. The van der Waals surface area contributed by atoms with E-state index in [9.17, 15) is 19.1 Å². The van der Waals surface area contributed by atoms with Crippen LogP contribution in [0.1, 0.15) is 25.3 Å². The van der Waals surface area contributed by atoms with Gasteiger partial charge in [0.2, 0.25) is 0 Å². The van der Waals surface area contributed by atoms with Gasteiger partial charge in [0.1, 0.15) is 0 Å². The summed E-state index contributed by atoms with van der Waals surface area (Å²) in [7, 11) is 0. The highest BCUT2D eigenvalue weighted by Crippen LogP contribution is 2.31. The SMILES string of the molecule is CCOC(=O)C(CCCF)(C(=O)O)c1ccccc1. The lowest BCUT2D eigenvalue weighted by Gasteiger charge is -2.27. The molecule has 0 aliphatic heterocycles. The van der Waals surface area contributed by atoms with Crippen LogP contribution in [0.3, 0.4) is 0 Å². The molecule has 0 bridgehead atoms. The molecular formula is C14H17FO4. The lowest BCUT2D eigenvalue weighted by molar-refractivity contribution is -0.162. The first-order chi connectivity index (χ1) is 9.09. The second-order valence-electron chi connectivity index (χ2n) is 4.09. The van der Waals surface area contributed by atoms with E-state index in [1.807, 2.05) is 0 Å². The van der Waals surface area contributed by atoms with Gasteiger partial charge in [-0.3, -0.25) is 14.0 Å². The number of carbonyl (C=O) groups excluding carboxylic acids is 1. The van der Waals surface area contributed by atoms with E-state index >= 15 is 0 Å². The molecule has 1 unspecified atom stereocenters. The van der Waals surface area contributed by atoms with Crippen molar-refractivity contribution in [3.05, 3.63) is 35.9 Å². The van der Waals surface area contributed by atoms with Crippen LogP contribution in [0.25, 0.3) is 0 Å². The third-order valence-electron chi connectivity index (χ3n) is 2.94. The number of aliphatic carboxylic acids is 1. The van der Waals surface area contributed by atoms with E-state index in [0.717, 1.165) is 0 Å². The van der Waals surface area contributed by atoms with Gasteiger partial charge in [-0.2, -0.15) is 0 Å². The van der Waals surface area contributed by atoms with Crippen molar-refractivity contribution in [2.24, 2.45) is 0 Å². The summed E-state index contributed by atoms with van der Waals surface area (Å²) in [6.07, 6.45) is -0.137. The van der Waals surface area contributed by atoms with Crippen molar-refractivity contribution in [2.75, 3.05) is 13.3 Å². The first-order valence-electron chi connectivity index (χ1n) is 6.11. The predicted octanol–water partition coefficient (Wildman–Crippen LogP) is 2.32. The van der Waals surface area contributed by atoms with Gasteiger partial charge in [0, 0.05) is 0 Å². The van der Waals surface area contributed by atoms with Crippen molar-refractivity contribution >= 4 is 11.9 Å². The van der Waals surface area contributed by atoms with E-state index < -0.39 is 24.0 Å². The first-order valence-corrected chi connectivity index (χ1v) is 6.11. The maximum atomic E-state index is 12.4. The maximum absolute atomic E-state index is 12.4. The van der Waals surface area contributed by atoms with Crippen LogP contribution in [0, 0.1) is 0 Å². The van der Waals surface area contributed by atoms with Crippen LogP contribution in [0.5, 0.6) is 0 Å². The molecule has 0 saturated carbocycles. The number of alkyl halides is 1. The molecule has 19 heavy (non-hydrogen) atoms. The molecule has 1 aromatic carbocycles. The number of carboxylic acids is 1. The number of carbonyl (C=O) groups is 2. The Labute approximate surface area is 111 Å². The maximum Gasteiger partial charge on any atom is 0.328 e. The van der Waals surface area contributed by atoms with Crippen LogP contribution in [0.15, 0.2) is 30.3 Å². The molecule has 0 aromatic heterocycles. The molecule has 0 heterocycles. The first kappa shape index (κ1) is 15.1. The molecule has 0 spiro atoms. The lowest BCUT2D eigenvalue weighted by atomic mass is 9.76. The molecule has 0 amide bonds. The van der Waals surface area contributed by atoms with Gasteiger partial charge in [0.05, 0.1) is 13.3 Å². The number of benzene rings is 1. The van der Waals surface area contributed by atoms with Crippen molar-refractivity contribution in [1.82, 2.24) is 0 Å². The van der Waals surface area contributed by atoms with Crippen molar-refractivity contribution < 1.29 is 23.8 Å². The zero-order valence-corrected chi connectivity index (χ0v) is 10.8. The summed E-state index contributed by atoms with van der Waals surface area (Å²) >= 11 is 0. The topological polar surface area (TPSA) is 63.6 Å². The Morgan fingerprint density at radius 2 is 1.95 bits per heavy atom. The smallest absolute Gasteiger partial charge is 0.328 e. The van der Waals surface area contributed by atoms with Crippen LogP contribution < -0.4 is 0 Å². The zero-order valence-electron chi connectivity index (χ0n) is 10.8. The van der Waals surface area contributed by atoms with Gasteiger partial charge in [-0.25, -0.2) is 0 Å². The second kappa shape index (κ2) is 6.87. The normalized spacial score (nSPS) is 13.6. The fourth-order valence-electron chi connectivity index (χ4n) is 1.99. The largest absolute Gasteiger partial charge is 0.480 e. The molecule has 1 rings (SSSR count). The van der Waals surface area contributed by atoms with Gasteiger partial charge in [0.15, 0.2) is 5.41 Å². The van der Waals surface area contributed by atoms with E-state index in [1.165, 1.54) is 0 Å². The van der Waals surface area contributed by atoms with Crippen LogP contribution in [-0.4, -0.2) is 30.3 Å². The molecular weight excluding hydrogens is 251 g/mol. The monoisotopic (exact) mass is 268 g/mol. The third kappa shape index (κ3) is 3.10. The summed E-state index contributed by atoms with van der Waals surface area (Å²) in [5.41, 5.74) is -1.52. The number of ether oxygens (including phenoxy) is 1. The number of esters is 1. The Balaban J connectivity index is 3.27. The second-order valence-corrected chi connectivity index (χ2v) is 4.09. The zero-order chi connectivity index (χ0) is 14.3. The van der Waals surface area contributed by atoms with Gasteiger partial charge in [-0.15, -0.1) is 0 Å². The van der Waals surface area contributed by atoms with Gasteiger partial charge < -0.3 is 9.84 Å². The minimum absolute atomic E-state index is 0.0139. The molecule has 1 atom stereocenters. The molecule has 1 aromatic rings. The van der Waals surface area contributed by atoms with Gasteiger partial charge in [0.25, 0.3) is 0 Å². The van der Waals surface area contributed by atoms with Crippen molar-refractivity contribution in [1.29, 1.82) is 0 Å². The Bertz CT molecular complexity index is 432. The molecule has 104 valence electrons. The standard InChI is InChI=1S/C14H17FO4/c1-2-19-13(18)14(12(16)17,9-6-10-15)11-7-4-3-5-8-11/h3-5,7-8H,2,6,9-10H2,1H3,(H,16,17). The number of carboxylic acid groups (broad SMARTS) is 1. The van der Waals surface area contributed by atoms with E-state index in [4.69, 9.17) is 4.74 Å². The van der Waals surface area contributed by atoms with Gasteiger partial charge in [-0.05, 0) is 25.3 Å². The van der Waals surface area contributed by atoms with E-state index in [0.29, 0.717) is 5.56 Å². The van der Waals surface area contributed by atoms with Gasteiger partial charge >= 0.3 is 11.9 Å². The Morgan fingerprint density at radius 1 is 1.32 bits per heavy atom. The quantitative estimate of drug-likeness (QED) is 0.609. The van der Waals surface area contributed by atoms with Crippen LogP contribution >= 0.6 is 0 Å².